The van der Waals surface area contributed by atoms with Gasteiger partial charge in [0.15, 0.2) is 0 Å². The zero-order valence-corrected chi connectivity index (χ0v) is 28.3. The van der Waals surface area contributed by atoms with Gasteiger partial charge < -0.3 is 30.1 Å². The first-order valence-electron chi connectivity index (χ1n) is 15.4. The van der Waals surface area contributed by atoms with Gasteiger partial charge in [0.05, 0.1) is 40.5 Å². The molecule has 4 atom stereocenters. The van der Waals surface area contributed by atoms with Crippen molar-refractivity contribution >= 4 is 40.8 Å². The molecular weight excluding hydrogens is 603 g/mol. The van der Waals surface area contributed by atoms with Crippen molar-refractivity contribution in [2.45, 2.75) is 84.7 Å². The number of urea groups is 1. The standard InChI is InChI=1S/C33H48Cl2N4O5/c1-21(2)36-33(42)37-26-11-13-30-27(16-26)32(41)39(23(4)20-40)17-22(3)31(43-14-8-7-9-24(5)44-30)19-38(6)18-25-10-12-28(34)29(35)15-25/h10-13,15-16,21-24,31,40H,7-9,14,17-20H2,1-6H3,(H2,36,37,42)/t22-,23+,24-,31-/m0/s1. The first-order chi connectivity index (χ1) is 20.9. The highest BCUT2D eigenvalue weighted by molar-refractivity contribution is 6.42. The van der Waals surface area contributed by atoms with Crippen LogP contribution in [-0.2, 0) is 11.3 Å². The summed E-state index contributed by atoms with van der Waals surface area (Å²) in [7, 11) is 2.03. The number of amides is 3. The number of benzene rings is 2. The Kier molecular flexibility index (Phi) is 14.1. The maximum absolute atomic E-state index is 14.2. The summed E-state index contributed by atoms with van der Waals surface area (Å²) in [5, 5.41) is 16.8. The van der Waals surface area contributed by atoms with Crippen LogP contribution in [0.4, 0.5) is 10.5 Å². The van der Waals surface area contributed by atoms with Crippen molar-refractivity contribution < 1.29 is 24.2 Å². The highest BCUT2D eigenvalue weighted by Crippen LogP contribution is 2.29. The highest BCUT2D eigenvalue weighted by Gasteiger charge is 2.30. The summed E-state index contributed by atoms with van der Waals surface area (Å²) in [6, 6.07) is 9.89. The second-order valence-electron chi connectivity index (χ2n) is 12.2. The van der Waals surface area contributed by atoms with Crippen LogP contribution in [0.1, 0.15) is 69.8 Å². The van der Waals surface area contributed by atoms with Gasteiger partial charge in [0.2, 0.25) is 0 Å². The van der Waals surface area contributed by atoms with Gasteiger partial charge in [-0.05, 0) is 89.9 Å². The van der Waals surface area contributed by atoms with Gasteiger partial charge in [-0.25, -0.2) is 4.79 Å². The SMILES string of the molecule is CC(C)NC(=O)Nc1ccc2c(c1)C(=O)N([C@H](C)CO)C[C@H](C)[C@H](CN(C)Cc1ccc(Cl)c(Cl)c1)OCCCC[C@H](C)O2. The second-order valence-corrected chi connectivity index (χ2v) is 13.0. The number of ether oxygens (including phenoxy) is 2. The number of hydrogen-bond acceptors (Lipinski definition) is 6. The van der Waals surface area contributed by atoms with E-state index in [9.17, 15) is 14.7 Å². The molecule has 3 N–H and O–H groups in total. The number of aliphatic hydroxyl groups excluding tert-OH is 1. The van der Waals surface area contributed by atoms with Crippen LogP contribution in [-0.4, -0.2) is 84.5 Å². The fourth-order valence-electron chi connectivity index (χ4n) is 5.21. The molecule has 1 heterocycles. The lowest BCUT2D eigenvalue weighted by atomic mass is 10.0. The lowest BCUT2D eigenvalue weighted by molar-refractivity contribution is -0.0177. The lowest BCUT2D eigenvalue weighted by Gasteiger charge is -2.36. The maximum Gasteiger partial charge on any atom is 0.319 e. The third kappa shape index (κ3) is 10.8. The van der Waals surface area contributed by atoms with Gasteiger partial charge in [0, 0.05) is 43.9 Å². The number of rotatable bonds is 8. The molecule has 0 spiro atoms. The molecule has 2 aromatic rings. The molecule has 11 heteroatoms. The molecule has 0 aliphatic carbocycles. The third-order valence-corrected chi connectivity index (χ3v) is 8.40. The van der Waals surface area contributed by atoms with E-state index in [2.05, 4.69) is 22.5 Å². The van der Waals surface area contributed by atoms with E-state index in [0.29, 0.717) is 53.3 Å². The number of aliphatic hydroxyl groups is 1. The van der Waals surface area contributed by atoms with E-state index >= 15 is 0 Å². The minimum Gasteiger partial charge on any atom is -0.490 e. The number of nitrogens with one attached hydrogen (secondary N) is 2. The van der Waals surface area contributed by atoms with Crippen molar-refractivity contribution in [3.05, 3.63) is 57.6 Å². The Morgan fingerprint density at radius 1 is 1.11 bits per heavy atom. The quantitative estimate of drug-likeness (QED) is 0.303. The molecule has 3 rings (SSSR count). The Morgan fingerprint density at radius 2 is 1.86 bits per heavy atom. The molecule has 0 unspecified atom stereocenters. The van der Waals surface area contributed by atoms with Crippen LogP contribution in [0.5, 0.6) is 5.75 Å². The molecule has 1 aliphatic heterocycles. The summed E-state index contributed by atoms with van der Waals surface area (Å²) in [6.07, 6.45) is 2.27. The van der Waals surface area contributed by atoms with Crippen LogP contribution in [0.15, 0.2) is 36.4 Å². The zero-order chi connectivity index (χ0) is 32.4. The first-order valence-corrected chi connectivity index (χ1v) is 16.2. The largest absolute Gasteiger partial charge is 0.490 e. The summed E-state index contributed by atoms with van der Waals surface area (Å²) >= 11 is 12.4. The van der Waals surface area contributed by atoms with Crippen LogP contribution in [0.3, 0.4) is 0 Å². The van der Waals surface area contributed by atoms with E-state index in [0.717, 1.165) is 24.8 Å². The molecule has 244 valence electrons. The number of likely N-dealkylation sites (N-methyl/N-ethyl adjacent to an activating group) is 1. The number of anilines is 1. The minimum atomic E-state index is -0.460. The number of carbonyl (C=O) groups excluding carboxylic acids is 2. The molecule has 0 aromatic heterocycles. The Morgan fingerprint density at radius 3 is 2.55 bits per heavy atom. The van der Waals surface area contributed by atoms with Crippen LogP contribution >= 0.6 is 23.2 Å². The van der Waals surface area contributed by atoms with Gasteiger partial charge in [-0.1, -0.05) is 36.2 Å². The molecule has 0 saturated carbocycles. The van der Waals surface area contributed by atoms with Crippen LogP contribution in [0.2, 0.25) is 10.0 Å². The monoisotopic (exact) mass is 650 g/mol. The molecule has 0 bridgehead atoms. The second kappa shape index (κ2) is 17.2. The first kappa shape index (κ1) is 35.9. The van der Waals surface area contributed by atoms with Crippen LogP contribution in [0, 0.1) is 5.92 Å². The highest BCUT2D eigenvalue weighted by atomic mass is 35.5. The Hall–Kier alpha value is -2.56. The van der Waals surface area contributed by atoms with Gasteiger partial charge in [-0.15, -0.1) is 0 Å². The van der Waals surface area contributed by atoms with Crippen molar-refractivity contribution in [2.24, 2.45) is 5.92 Å². The number of hydrogen-bond donors (Lipinski definition) is 3. The molecule has 0 saturated heterocycles. The van der Waals surface area contributed by atoms with E-state index in [1.54, 1.807) is 29.2 Å². The molecule has 3 amide bonds. The lowest BCUT2D eigenvalue weighted by Crippen LogP contribution is -2.47. The summed E-state index contributed by atoms with van der Waals surface area (Å²) in [5.74, 6) is 0.105. The number of halogens is 2. The molecule has 0 radical (unpaired) electrons. The maximum atomic E-state index is 14.2. The zero-order valence-electron chi connectivity index (χ0n) is 26.7. The van der Waals surface area contributed by atoms with E-state index in [1.807, 2.05) is 46.9 Å². The van der Waals surface area contributed by atoms with Crippen molar-refractivity contribution in [3.8, 4) is 5.75 Å². The van der Waals surface area contributed by atoms with Crippen LogP contribution in [0.25, 0.3) is 0 Å². The average molecular weight is 652 g/mol. The molecule has 9 nitrogen and oxygen atoms in total. The van der Waals surface area contributed by atoms with E-state index in [-0.39, 0.29) is 42.7 Å². The fraction of sp³-hybridized carbons (Fsp3) is 0.576. The molecule has 1 aliphatic rings. The predicted octanol–water partition coefficient (Wildman–Crippen LogP) is 6.45. The molecule has 0 fully saturated rings. The summed E-state index contributed by atoms with van der Waals surface area (Å²) in [5.41, 5.74) is 1.85. The Bertz CT molecular complexity index is 1250. The van der Waals surface area contributed by atoms with Crippen molar-refractivity contribution in [2.75, 3.05) is 38.7 Å². The van der Waals surface area contributed by atoms with Gasteiger partial charge in [-0.2, -0.15) is 0 Å². The summed E-state index contributed by atoms with van der Waals surface area (Å²) in [4.78, 5) is 30.5. The van der Waals surface area contributed by atoms with Gasteiger partial charge >= 0.3 is 6.03 Å². The van der Waals surface area contributed by atoms with Crippen molar-refractivity contribution in [1.82, 2.24) is 15.1 Å². The topological polar surface area (TPSA) is 103 Å². The Labute approximate surface area is 272 Å². The molecular formula is C33H48Cl2N4O5. The fourth-order valence-corrected chi connectivity index (χ4v) is 5.53. The number of nitrogens with zero attached hydrogens (tertiary/aromatic N) is 2. The van der Waals surface area contributed by atoms with Crippen LogP contribution < -0.4 is 15.4 Å². The number of carbonyl (C=O) groups is 2. The van der Waals surface area contributed by atoms with E-state index in [4.69, 9.17) is 32.7 Å². The number of fused-ring (bicyclic) bond motifs is 1. The average Bonchev–Trinajstić information content (AvgIpc) is 2.96. The normalized spacial score (nSPS) is 20.9. The Balaban J connectivity index is 1.90. The predicted molar refractivity (Wildman–Crippen MR) is 177 cm³/mol. The van der Waals surface area contributed by atoms with Gasteiger partial charge in [0.1, 0.15) is 5.75 Å². The van der Waals surface area contributed by atoms with E-state index in [1.165, 1.54) is 0 Å². The third-order valence-electron chi connectivity index (χ3n) is 7.66. The van der Waals surface area contributed by atoms with Crippen molar-refractivity contribution in [3.63, 3.8) is 0 Å². The van der Waals surface area contributed by atoms with Gasteiger partial charge in [-0.3, -0.25) is 9.69 Å². The van der Waals surface area contributed by atoms with Gasteiger partial charge in [0.25, 0.3) is 5.91 Å². The summed E-state index contributed by atoms with van der Waals surface area (Å²) < 4.78 is 12.7. The van der Waals surface area contributed by atoms with Crippen molar-refractivity contribution in [1.29, 1.82) is 0 Å². The van der Waals surface area contributed by atoms with E-state index < -0.39 is 6.04 Å². The molecule has 44 heavy (non-hydrogen) atoms. The molecule has 2 aromatic carbocycles. The summed E-state index contributed by atoms with van der Waals surface area (Å²) in [6.45, 7) is 11.7. The smallest absolute Gasteiger partial charge is 0.319 e. The minimum absolute atomic E-state index is 0.0429.